The maximum Gasteiger partial charge on any atom is 0.103 e. The molecule has 4 heteroatoms. The topological polar surface area (TPSA) is 49.6 Å². The Morgan fingerprint density at radius 3 is 2.63 bits per heavy atom. The van der Waals surface area contributed by atoms with Crippen LogP contribution in [0.15, 0.2) is 64.8 Å². The van der Waals surface area contributed by atoms with E-state index in [9.17, 15) is 5.26 Å². The molecule has 0 radical (unpaired) electrons. The normalized spacial score (nSPS) is 10.3. The summed E-state index contributed by atoms with van der Waals surface area (Å²) in [4.78, 5) is 9.61. The maximum atomic E-state index is 9.23. The summed E-state index contributed by atoms with van der Waals surface area (Å²) >= 11 is 1.53. The quantitative estimate of drug-likeness (QED) is 0.708. The van der Waals surface area contributed by atoms with E-state index in [4.69, 9.17) is 0 Å². The molecule has 90 valence electrons. The Morgan fingerprint density at radius 1 is 1.05 bits per heavy atom. The third kappa shape index (κ3) is 2.42. The highest BCUT2D eigenvalue weighted by Crippen LogP contribution is 2.28. The zero-order valence-electron chi connectivity index (χ0n) is 9.95. The van der Waals surface area contributed by atoms with E-state index in [1.54, 1.807) is 12.4 Å². The molecule has 3 nitrogen and oxygen atoms in total. The summed E-state index contributed by atoms with van der Waals surface area (Å²) in [5.41, 5.74) is 1.50. The van der Waals surface area contributed by atoms with Crippen LogP contribution in [0.1, 0.15) is 5.56 Å². The molecule has 19 heavy (non-hydrogen) atoms. The molecule has 0 aliphatic rings. The summed E-state index contributed by atoms with van der Waals surface area (Å²) in [6, 6.07) is 15.6. The molecule has 0 N–H and O–H groups in total. The molecular formula is C15H9N3S. The molecule has 0 fully saturated rings. The molecular weight excluding hydrogens is 254 g/mol. The van der Waals surface area contributed by atoms with E-state index in [0.717, 1.165) is 20.8 Å². The molecule has 0 bridgehead atoms. The average Bonchev–Trinajstić information content (AvgIpc) is 2.47. The lowest BCUT2D eigenvalue weighted by atomic mass is 10.1. The number of hydrogen-bond acceptors (Lipinski definition) is 4. The number of nitrogens with zero attached hydrogens (tertiary/aromatic N) is 3. The van der Waals surface area contributed by atoms with E-state index in [1.165, 1.54) is 11.8 Å². The first-order chi connectivity index (χ1) is 9.36. The number of benzene rings is 1. The summed E-state index contributed by atoms with van der Waals surface area (Å²) in [6.45, 7) is 0. The van der Waals surface area contributed by atoms with Crippen LogP contribution in [-0.4, -0.2) is 9.97 Å². The van der Waals surface area contributed by atoms with Gasteiger partial charge < -0.3 is 0 Å². The van der Waals surface area contributed by atoms with Crippen molar-refractivity contribution in [3.63, 3.8) is 0 Å². The molecule has 3 aromatic rings. The van der Waals surface area contributed by atoms with Gasteiger partial charge in [0.15, 0.2) is 0 Å². The van der Waals surface area contributed by atoms with Crippen LogP contribution in [0.5, 0.6) is 0 Å². The van der Waals surface area contributed by atoms with Crippen molar-refractivity contribution in [3.8, 4) is 6.07 Å². The smallest absolute Gasteiger partial charge is 0.103 e. The van der Waals surface area contributed by atoms with Crippen LogP contribution in [0, 0.1) is 11.3 Å². The summed E-state index contributed by atoms with van der Waals surface area (Å²) in [5.74, 6) is 0. The monoisotopic (exact) mass is 263 g/mol. The van der Waals surface area contributed by atoms with E-state index < -0.39 is 0 Å². The molecule has 2 aromatic heterocycles. The van der Waals surface area contributed by atoms with Crippen molar-refractivity contribution in [2.24, 2.45) is 0 Å². The van der Waals surface area contributed by atoms with Gasteiger partial charge in [-0.15, -0.1) is 0 Å². The van der Waals surface area contributed by atoms with Crippen LogP contribution >= 0.6 is 11.8 Å². The Bertz CT molecular complexity index is 763. The lowest BCUT2D eigenvalue weighted by Crippen LogP contribution is -1.87. The van der Waals surface area contributed by atoms with Crippen LogP contribution in [-0.2, 0) is 0 Å². The largest absolute Gasteiger partial charge is 0.265 e. The summed E-state index contributed by atoms with van der Waals surface area (Å²) in [6.07, 6.45) is 3.49. The highest BCUT2D eigenvalue weighted by molar-refractivity contribution is 7.99. The van der Waals surface area contributed by atoms with Crippen molar-refractivity contribution in [2.45, 2.75) is 9.92 Å². The van der Waals surface area contributed by atoms with Gasteiger partial charge in [-0.25, -0.2) is 4.98 Å². The molecule has 0 saturated heterocycles. The number of nitriles is 1. The fourth-order valence-corrected chi connectivity index (χ4v) is 2.64. The van der Waals surface area contributed by atoms with E-state index in [2.05, 4.69) is 16.0 Å². The molecule has 0 amide bonds. The van der Waals surface area contributed by atoms with Crippen molar-refractivity contribution in [1.29, 1.82) is 5.26 Å². The zero-order chi connectivity index (χ0) is 13.1. The number of hydrogen-bond donors (Lipinski definition) is 0. The Balaban J connectivity index is 2.08. The van der Waals surface area contributed by atoms with Crippen LogP contribution in [0.4, 0.5) is 0 Å². The second-order valence-electron chi connectivity index (χ2n) is 3.92. The molecule has 0 spiro atoms. The third-order valence-electron chi connectivity index (χ3n) is 2.69. The molecule has 1 aromatic carbocycles. The summed E-state index contributed by atoms with van der Waals surface area (Å²) < 4.78 is 0. The zero-order valence-corrected chi connectivity index (χ0v) is 10.8. The first-order valence-electron chi connectivity index (χ1n) is 5.74. The first-order valence-corrected chi connectivity index (χ1v) is 6.56. The Hall–Kier alpha value is -2.38. The molecule has 0 aliphatic carbocycles. The van der Waals surface area contributed by atoms with Crippen LogP contribution in [0.25, 0.3) is 10.9 Å². The van der Waals surface area contributed by atoms with Gasteiger partial charge in [-0.1, -0.05) is 30.0 Å². The fraction of sp³-hybridized carbons (Fsp3) is 0. The van der Waals surface area contributed by atoms with Gasteiger partial charge in [0.1, 0.15) is 5.03 Å². The lowest BCUT2D eigenvalue weighted by molar-refractivity contribution is 1.17. The second-order valence-corrected chi connectivity index (χ2v) is 5.02. The lowest BCUT2D eigenvalue weighted by Gasteiger charge is -2.04. The molecule has 0 aliphatic heterocycles. The molecule has 0 saturated carbocycles. The van der Waals surface area contributed by atoms with Crippen LogP contribution < -0.4 is 0 Å². The second kappa shape index (κ2) is 5.09. The minimum atomic E-state index is 0.655. The molecule has 0 unspecified atom stereocenters. The predicted molar refractivity (Wildman–Crippen MR) is 74.8 cm³/mol. The van der Waals surface area contributed by atoms with Crippen LogP contribution in [0.2, 0.25) is 0 Å². The summed E-state index contributed by atoms with van der Waals surface area (Å²) in [5, 5.41) is 10.9. The van der Waals surface area contributed by atoms with Gasteiger partial charge in [0.2, 0.25) is 0 Å². The standard InChI is InChI=1S/C15H9N3S/c16-10-11-9-15(19-12-5-7-17-8-6-12)18-14-4-2-1-3-13(11)14/h1-9H. The van der Waals surface area contributed by atoms with E-state index in [1.807, 2.05) is 42.5 Å². The van der Waals surface area contributed by atoms with E-state index in [0.29, 0.717) is 5.56 Å². The van der Waals surface area contributed by atoms with Gasteiger partial charge in [0.25, 0.3) is 0 Å². The highest BCUT2D eigenvalue weighted by Gasteiger charge is 2.06. The minimum absolute atomic E-state index is 0.655. The third-order valence-corrected chi connectivity index (χ3v) is 3.61. The molecule has 2 heterocycles. The van der Waals surface area contributed by atoms with Gasteiger partial charge in [-0.05, 0) is 24.3 Å². The summed E-state index contributed by atoms with van der Waals surface area (Å²) in [7, 11) is 0. The Kier molecular flexibility index (Phi) is 3.13. The maximum absolute atomic E-state index is 9.23. The Morgan fingerprint density at radius 2 is 1.84 bits per heavy atom. The minimum Gasteiger partial charge on any atom is -0.265 e. The van der Waals surface area contributed by atoms with E-state index in [-0.39, 0.29) is 0 Å². The first kappa shape index (κ1) is 11.7. The number of pyridine rings is 2. The van der Waals surface area contributed by atoms with Gasteiger partial charge in [0.05, 0.1) is 17.1 Å². The Labute approximate surface area is 114 Å². The van der Waals surface area contributed by atoms with Crippen molar-refractivity contribution < 1.29 is 0 Å². The van der Waals surface area contributed by atoms with Crippen molar-refractivity contribution in [3.05, 3.63) is 60.4 Å². The van der Waals surface area contributed by atoms with E-state index >= 15 is 0 Å². The van der Waals surface area contributed by atoms with Crippen LogP contribution in [0.3, 0.4) is 0 Å². The van der Waals surface area contributed by atoms with Gasteiger partial charge >= 0.3 is 0 Å². The van der Waals surface area contributed by atoms with Crippen molar-refractivity contribution >= 4 is 22.7 Å². The molecule has 0 atom stereocenters. The number of para-hydroxylation sites is 1. The van der Waals surface area contributed by atoms with Gasteiger partial charge in [-0.3, -0.25) is 4.98 Å². The fourth-order valence-electron chi connectivity index (χ4n) is 1.82. The van der Waals surface area contributed by atoms with Crippen molar-refractivity contribution in [1.82, 2.24) is 9.97 Å². The average molecular weight is 263 g/mol. The number of fused-ring (bicyclic) bond motifs is 1. The van der Waals surface area contributed by atoms with Gasteiger partial charge in [-0.2, -0.15) is 5.26 Å². The SMILES string of the molecule is N#Cc1cc(Sc2ccncc2)nc2ccccc12. The molecule has 3 rings (SSSR count). The highest BCUT2D eigenvalue weighted by atomic mass is 32.2. The van der Waals surface area contributed by atoms with Gasteiger partial charge in [0, 0.05) is 22.7 Å². The predicted octanol–water partition coefficient (Wildman–Crippen LogP) is 3.65. The van der Waals surface area contributed by atoms with Crippen molar-refractivity contribution in [2.75, 3.05) is 0 Å². The number of rotatable bonds is 2. The number of aromatic nitrogens is 2.